The molecule has 0 unspecified atom stereocenters. The van der Waals surface area contributed by atoms with Gasteiger partial charge in [0, 0.05) is 12.6 Å². The minimum Gasteiger partial charge on any atom is -0.392 e. The molecule has 1 aromatic carbocycles. The predicted molar refractivity (Wildman–Crippen MR) is 72.4 cm³/mol. The first-order valence-corrected chi connectivity index (χ1v) is 6.70. The number of rotatable bonds is 6. The van der Waals surface area contributed by atoms with Crippen molar-refractivity contribution in [2.45, 2.75) is 45.3 Å². The highest BCUT2D eigenvalue weighted by Gasteiger charge is 2.30. The van der Waals surface area contributed by atoms with Gasteiger partial charge in [-0.25, -0.2) is 0 Å². The van der Waals surface area contributed by atoms with Crippen LogP contribution in [-0.2, 0) is 6.61 Å². The molecule has 1 N–H and O–H groups in total. The van der Waals surface area contributed by atoms with E-state index in [-0.39, 0.29) is 6.61 Å². The second-order valence-corrected chi connectivity index (χ2v) is 4.90. The maximum atomic E-state index is 9.26. The second kappa shape index (κ2) is 5.88. The van der Waals surface area contributed by atoms with Crippen LogP contribution in [0.15, 0.2) is 18.2 Å². The van der Waals surface area contributed by atoms with Crippen LogP contribution in [0.2, 0.25) is 0 Å². The van der Waals surface area contributed by atoms with Crippen molar-refractivity contribution in [1.29, 1.82) is 5.26 Å². The van der Waals surface area contributed by atoms with Crippen molar-refractivity contribution in [3.63, 3.8) is 0 Å². The first-order valence-electron chi connectivity index (χ1n) is 6.70. The highest BCUT2D eigenvalue weighted by Crippen LogP contribution is 2.34. The average molecular weight is 244 g/mol. The topological polar surface area (TPSA) is 47.3 Å². The van der Waals surface area contributed by atoms with Crippen LogP contribution in [0, 0.1) is 11.3 Å². The van der Waals surface area contributed by atoms with Crippen LogP contribution in [0.25, 0.3) is 0 Å². The zero-order valence-electron chi connectivity index (χ0n) is 10.9. The van der Waals surface area contributed by atoms with Crippen molar-refractivity contribution in [1.82, 2.24) is 0 Å². The van der Waals surface area contributed by atoms with Crippen LogP contribution >= 0.6 is 0 Å². The molecule has 0 amide bonds. The summed E-state index contributed by atoms with van der Waals surface area (Å²) in [4.78, 5) is 2.36. The molecular formula is C15H20N2O. The molecule has 18 heavy (non-hydrogen) atoms. The summed E-state index contributed by atoms with van der Waals surface area (Å²) in [6.07, 6.45) is 4.79. The van der Waals surface area contributed by atoms with Gasteiger partial charge in [0.25, 0.3) is 0 Å². The summed E-state index contributed by atoms with van der Waals surface area (Å²) in [6.45, 7) is 3.20. The summed E-state index contributed by atoms with van der Waals surface area (Å²) in [5.74, 6) is 0. The molecule has 3 heteroatoms. The number of nitrogens with zero attached hydrogens (tertiary/aromatic N) is 2. The standard InChI is InChI=1S/C15H20N2O/c1-2-3-8-17(14-5-6-14)15-7-4-12(11-18)9-13(15)10-16/h4,7,9,14,18H,2-3,5-6,8,11H2,1H3. The smallest absolute Gasteiger partial charge is 0.101 e. The molecule has 1 saturated carbocycles. The van der Waals surface area contributed by atoms with Crippen molar-refractivity contribution in [2.24, 2.45) is 0 Å². The highest BCUT2D eigenvalue weighted by atomic mass is 16.3. The molecule has 0 heterocycles. The number of nitriles is 1. The average Bonchev–Trinajstić information content (AvgIpc) is 3.24. The summed E-state index contributed by atoms with van der Waals surface area (Å²) < 4.78 is 0. The van der Waals surface area contributed by atoms with E-state index in [1.807, 2.05) is 12.1 Å². The molecule has 3 nitrogen and oxygen atoms in total. The SMILES string of the molecule is CCCCN(c1ccc(CO)cc1C#N)C1CC1. The van der Waals surface area contributed by atoms with E-state index in [0.29, 0.717) is 11.6 Å². The van der Waals surface area contributed by atoms with Crippen molar-refractivity contribution < 1.29 is 5.11 Å². The molecule has 0 aromatic heterocycles. The van der Waals surface area contributed by atoms with Crippen molar-refractivity contribution in [3.05, 3.63) is 29.3 Å². The highest BCUT2D eigenvalue weighted by molar-refractivity contribution is 5.61. The molecule has 2 rings (SSSR count). The number of aliphatic hydroxyl groups is 1. The van der Waals surface area contributed by atoms with Crippen LogP contribution in [0.5, 0.6) is 0 Å². The van der Waals surface area contributed by atoms with Crippen LogP contribution in [0.1, 0.15) is 43.7 Å². The Morgan fingerprint density at radius 2 is 2.22 bits per heavy atom. The fourth-order valence-corrected chi connectivity index (χ4v) is 2.24. The fraction of sp³-hybridized carbons (Fsp3) is 0.533. The molecule has 1 aliphatic carbocycles. The largest absolute Gasteiger partial charge is 0.392 e. The lowest BCUT2D eigenvalue weighted by molar-refractivity contribution is 0.282. The summed E-state index contributed by atoms with van der Waals surface area (Å²) in [5.41, 5.74) is 2.52. The van der Waals surface area contributed by atoms with E-state index in [4.69, 9.17) is 5.11 Å². The van der Waals surface area contributed by atoms with Gasteiger partial charge in [-0.05, 0) is 37.0 Å². The molecule has 1 aliphatic rings. The van der Waals surface area contributed by atoms with Crippen molar-refractivity contribution in [2.75, 3.05) is 11.4 Å². The molecule has 0 atom stereocenters. The van der Waals surface area contributed by atoms with Crippen LogP contribution in [-0.4, -0.2) is 17.7 Å². The molecule has 1 fully saturated rings. The van der Waals surface area contributed by atoms with Crippen molar-refractivity contribution in [3.8, 4) is 6.07 Å². The maximum Gasteiger partial charge on any atom is 0.101 e. The lowest BCUT2D eigenvalue weighted by atomic mass is 10.1. The van der Waals surface area contributed by atoms with Gasteiger partial charge in [-0.2, -0.15) is 5.26 Å². The lowest BCUT2D eigenvalue weighted by Gasteiger charge is -2.25. The third-order valence-corrected chi connectivity index (χ3v) is 3.41. The van der Waals surface area contributed by atoms with Gasteiger partial charge in [-0.1, -0.05) is 19.4 Å². The Morgan fingerprint density at radius 1 is 1.44 bits per heavy atom. The molecule has 1 aromatic rings. The normalized spacial score (nSPS) is 14.3. The monoisotopic (exact) mass is 244 g/mol. The minimum atomic E-state index is -0.00660. The van der Waals surface area contributed by atoms with E-state index in [0.717, 1.165) is 24.2 Å². The third-order valence-electron chi connectivity index (χ3n) is 3.41. The summed E-state index contributed by atoms with van der Waals surface area (Å²) in [7, 11) is 0. The Labute approximate surface area is 109 Å². The van der Waals surface area contributed by atoms with E-state index in [1.165, 1.54) is 19.3 Å². The van der Waals surface area contributed by atoms with E-state index < -0.39 is 0 Å². The molecule has 96 valence electrons. The van der Waals surface area contributed by atoms with Gasteiger partial charge >= 0.3 is 0 Å². The molecule has 0 aliphatic heterocycles. The molecule has 0 spiro atoms. The van der Waals surface area contributed by atoms with Gasteiger partial charge in [0.1, 0.15) is 6.07 Å². The number of benzene rings is 1. The first-order chi connectivity index (χ1) is 8.80. The summed E-state index contributed by atoms with van der Waals surface area (Å²) in [5, 5.41) is 18.4. The number of unbranched alkanes of at least 4 members (excludes halogenated alkanes) is 1. The van der Waals surface area contributed by atoms with Crippen molar-refractivity contribution >= 4 is 5.69 Å². The van der Waals surface area contributed by atoms with Crippen LogP contribution in [0.3, 0.4) is 0 Å². The Hall–Kier alpha value is -1.53. The number of hydrogen-bond donors (Lipinski definition) is 1. The maximum absolute atomic E-state index is 9.26. The van der Waals surface area contributed by atoms with Gasteiger partial charge in [-0.3, -0.25) is 0 Å². The van der Waals surface area contributed by atoms with E-state index in [2.05, 4.69) is 17.9 Å². The number of aliphatic hydroxyl groups excluding tert-OH is 1. The fourth-order valence-electron chi connectivity index (χ4n) is 2.24. The Balaban J connectivity index is 2.26. The third kappa shape index (κ3) is 2.83. The Bertz CT molecular complexity index is 446. The Kier molecular flexibility index (Phi) is 4.22. The zero-order valence-corrected chi connectivity index (χ0v) is 10.9. The minimum absolute atomic E-state index is 0.00660. The molecular weight excluding hydrogens is 224 g/mol. The first kappa shape index (κ1) is 12.9. The van der Waals surface area contributed by atoms with E-state index in [1.54, 1.807) is 6.07 Å². The van der Waals surface area contributed by atoms with Gasteiger partial charge in [0.05, 0.1) is 17.9 Å². The predicted octanol–water partition coefficient (Wildman–Crippen LogP) is 2.82. The molecule has 0 radical (unpaired) electrons. The van der Waals surface area contributed by atoms with Gasteiger partial charge in [-0.15, -0.1) is 0 Å². The zero-order chi connectivity index (χ0) is 13.0. The number of anilines is 1. The number of hydrogen-bond acceptors (Lipinski definition) is 3. The summed E-state index contributed by atoms with van der Waals surface area (Å²) >= 11 is 0. The van der Waals surface area contributed by atoms with E-state index >= 15 is 0 Å². The van der Waals surface area contributed by atoms with Gasteiger partial charge < -0.3 is 10.0 Å². The quantitative estimate of drug-likeness (QED) is 0.837. The van der Waals surface area contributed by atoms with E-state index in [9.17, 15) is 5.26 Å². The lowest BCUT2D eigenvalue weighted by Crippen LogP contribution is -2.27. The molecule has 0 saturated heterocycles. The van der Waals surface area contributed by atoms with Crippen LogP contribution < -0.4 is 4.90 Å². The summed E-state index contributed by atoms with van der Waals surface area (Å²) in [6, 6.07) is 8.57. The molecule has 0 bridgehead atoms. The van der Waals surface area contributed by atoms with Gasteiger partial charge in [0.2, 0.25) is 0 Å². The van der Waals surface area contributed by atoms with Crippen LogP contribution in [0.4, 0.5) is 5.69 Å². The van der Waals surface area contributed by atoms with Gasteiger partial charge in [0.15, 0.2) is 0 Å². The second-order valence-electron chi connectivity index (χ2n) is 4.90. The Morgan fingerprint density at radius 3 is 2.78 bits per heavy atom.